The Hall–Kier alpha value is -1.84. The number of hydrogen-bond acceptors (Lipinski definition) is 4. The van der Waals surface area contributed by atoms with Gasteiger partial charge in [0, 0.05) is 0 Å². The van der Waals surface area contributed by atoms with Crippen LogP contribution in [-0.4, -0.2) is 22.2 Å². The van der Waals surface area contributed by atoms with Gasteiger partial charge >= 0.3 is 42.1 Å². The van der Waals surface area contributed by atoms with Crippen LogP contribution in [0, 0.1) is 27.7 Å². The summed E-state index contributed by atoms with van der Waals surface area (Å²) < 4.78 is 0. The first-order valence-corrected chi connectivity index (χ1v) is 6.73. The van der Waals surface area contributed by atoms with E-state index in [1.54, 1.807) is 47.4 Å². The van der Waals surface area contributed by atoms with E-state index in [0.717, 1.165) is 0 Å². The first kappa shape index (κ1) is 26.4. The zero-order valence-corrected chi connectivity index (χ0v) is 19.7. The smallest absolute Gasteiger partial charge is 0.288 e. The molecule has 4 N–H and O–H groups in total. The molecule has 2 rings (SSSR count). The van der Waals surface area contributed by atoms with E-state index in [1.807, 2.05) is 0 Å². The molecule has 0 saturated heterocycles. The van der Waals surface area contributed by atoms with Crippen LogP contribution in [0.25, 0.3) is 0 Å². The number of carbonyl (C=O) groups excluding carboxylic acids is 2. The van der Waals surface area contributed by atoms with Crippen LogP contribution in [0.15, 0.2) is 36.4 Å². The first-order valence-electron chi connectivity index (χ1n) is 6.73. The molecule has 8 heteroatoms. The Morgan fingerprint density at radius 3 is 1.04 bits per heavy atom. The molecule has 0 bridgehead atoms. The van der Waals surface area contributed by atoms with E-state index >= 15 is 0 Å². The molecule has 0 heterocycles. The summed E-state index contributed by atoms with van der Waals surface area (Å²) in [5.41, 5.74) is 6.58. The van der Waals surface area contributed by atoms with Crippen molar-refractivity contribution in [3.8, 4) is 0 Å². The summed E-state index contributed by atoms with van der Waals surface area (Å²) in [6.07, 6.45) is 0. The summed E-state index contributed by atoms with van der Waals surface area (Å²) in [6.45, 7) is 14.6. The molecule has 2 aromatic carbocycles. The molecule has 6 nitrogen and oxygen atoms in total. The largest absolute Gasteiger partial charge is 2.00 e. The van der Waals surface area contributed by atoms with Gasteiger partial charge in [0.25, 0.3) is 0 Å². The Kier molecular flexibility index (Phi) is 12.7. The standard InChI is InChI=1S/2C9H9NO2.2W/c2*1-6-3-7(2)5-8(4-6)9(11)10-12;;/h2*3-5,12H,1-2H2,(H,10,11);;/q2*-2;2*+2. The minimum Gasteiger partial charge on any atom is -0.288 e. The number of hydrogen-bond donors (Lipinski definition) is 4. The monoisotopic (exact) mass is 694 g/mol. The maximum absolute atomic E-state index is 10.9. The molecule has 0 spiro atoms. The number of hydroxylamine groups is 2. The molecule has 0 aliphatic heterocycles. The number of nitrogens with one attached hydrogen (secondary N) is 2. The van der Waals surface area contributed by atoms with Crippen LogP contribution in [0.5, 0.6) is 0 Å². The van der Waals surface area contributed by atoms with Crippen molar-refractivity contribution in [1.82, 2.24) is 11.0 Å². The topological polar surface area (TPSA) is 98.7 Å². The van der Waals surface area contributed by atoms with E-state index in [-0.39, 0.29) is 42.1 Å². The molecule has 26 heavy (non-hydrogen) atoms. The summed E-state index contributed by atoms with van der Waals surface area (Å²) in [5.74, 6) is -1.10. The summed E-state index contributed by atoms with van der Waals surface area (Å²) in [4.78, 5) is 21.8. The van der Waals surface area contributed by atoms with Crippen molar-refractivity contribution >= 4 is 11.8 Å². The van der Waals surface area contributed by atoms with E-state index in [4.69, 9.17) is 10.4 Å². The van der Waals surface area contributed by atoms with Crippen molar-refractivity contribution < 1.29 is 62.1 Å². The molecule has 0 unspecified atom stereocenters. The second-order valence-corrected chi connectivity index (χ2v) is 4.96. The van der Waals surface area contributed by atoms with E-state index in [0.29, 0.717) is 33.4 Å². The molecule has 2 amide bonds. The third kappa shape index (κ3) is 8.50. The van der Waals surface area contributed by atoms with Gasteiger partial charge < -0.3 is 0 Å². The molecule has 0 radical (unpaired) electrons. The van der Waals surface area contributed by atoms with Gasteiger partial charge in [-0.3, -0.25) is 20.0 Å². The fourth-order valence-electron chi connectivity index (χ4n) is 1.92. The van der Waals surface area contributed by atoms with Gasteiger partial charge in [-0.1, -0.05) is 11.1 Å². The maximum Gasteiger partial charge on any atom is 2.00 e. The summed E-state index contributed by atoms with van der Waals surface area (Å²) in [7, 11) is 0. The van der Waals surface area contributed by atoms with Crippen LogP contribution in [0.2, 0.25) is 0 Å². The Balaban J connectivity index is 0. The quantitative estimate of drug-likeness (QED) is 0.221. The van der Waals surface area contributed by atoms with Crippen LogP contribution in [0.1, 0.15) is 43.0 Å². The van der Waals surface area contributed by atoms with Gasteiger partial charge in [-0.05, 0) is 0 Å². The van der Waals surface area contributed by atoms with Gasteiger partial charge in [-0.2, -0.15) is 86.3 Å². The Morgan fingerprint density at radius 2 is 0.846 bits per heavy atom. The Labute approximate surface area is 181 Å². The normalized spacial score (nSPS) is 8.69. The van der Waals surface area contributed by atoms with E-state index in [1.165, 1.54) is 0 Å². The van der Waals surface area contributed by atoms with Gasteiger partial charge in [0.1, 0.15) is 0 Å². The summed E-state index contributed by atoms with van der Waals surface area (Å²) in [5, 5.41) is 16.7. The number of rotatable bonds is 2. The second kappa shape index (κ2) is 12.5. The van der Waals surface area contributed by atoms with Crippen LogP contribution in [0.3, 0.4) is 0 Å². The van der Waals surface area contributed by atoms with Crippen molar-refractivity contribution in [3.63, 3.8) is 0 Å². The predicted octanol–water partition coefficient (Wildman–Crippen LogP) is 2.33. The third-order valence-corrected chi connectivity index (χ3v) is 2.83. The molecule has 2 aromatic rings. The summed E-state index contributed by atoms with van der Waals surface area (Å²) in [6, 6.07) is 9.77. The molecule has 136 valence electrons. The van der Waals surface area contributed by atoms with E-state index in [2.05, 4.69) is 27.7 Å². The van der Waals surface area contributed by atoms with Gasteiger partial charge in [0.05, 0.1) is 0 Å². The van der Waals surface area contributed by atoms with Gasteiger partial charge in [0.15, 0.2) is 0 Å². The van der Waals surface area contributed by atoms with Gasteiger partial charge in [0.2, 0.25) is 11.8 Å². The Bertz CT molecular complexity index is 648. The van der Waals surface area contributed by atoms with Crippen molar-refractivity contribution in [3.05, 3.63) is 97.5 Å². The number of carbonyl (C=O) groups is 2. The number of amides is 2. The van der Waals surface area contributed by atoms with E-state index in [9.17, 15) is 9.59 Å². The zero-order chi connectivity index (χ0) is 18.3. The van der Waals surface area contributed by atoms with Crippen molar-refractivity contribution in [2.45, 2.75) is 0 Å². The molecule has 0 atom stereocenters. The maximum atomic E-state index is 10.9. The van der Waals surface area contributed by atoms with Crippen LogP contribution in [-0.2, 0) is 42.1 Å². The van der Waals surface area contributed by atoms with E-state index < -0.39 is 11.8 Å². The van der Waals surface area contributed by atoms with Crippen molar-refractivity contribution in [1.29, 1.82) is 0 Å². The van der Waals surface area contributed by atoms with Gasteiger partial charge in [-0.15, -0.1) is 0 Å². The van der Waals surface area contributed by atoms with Gasteiger partial charge in [-0.25, -0.2) is 11.0 Å². The zero-order valence-electron chi connectivity index (χ0n) is 13.8. The van der Waals surface area contributed by atoms with Crippen LogP contribution >= 0.6 is 0 Å². The predicted molar refractivity (Wildman–Crippen MR) is 89.2 cm³/mol. The fourth-order valence-corrected chi connectivity index (χ4v) is 1.92. The van der Waals surface area contributed by atoms with Crippen molar-refractivity contribution in [2.24, 2.45) is 0 Å². The third-order valence-electron chi connectivity index (χ3n) is 2.83. The average Bonchev–Trinajstić information content (AvgIpc) is 2.52. The molecule has 0 fully saturated rings. The molecule has 0 aliphatic rings. The molecule has 0 aromatic heterocycles. The minimum atomic E-state index is -0.551. The number of benzene rings is 2. The summed E-state index contributed by atoms with van der Waals surface area (Å²) >= 11 is 0. The minimum absolute atomic E-state index is 0. The molecule has 0 aliphatic carbocycles. The Morgan fingerprint density at radius 1 is 0.615 bits per heavy atom. The molecule has 0 saturated carbocycles. The van der Waals surface area contributed by atoms with Crippen LogP contribution in [0.4, 0.5) is 0 Å². The average molecular weight is 694 g/mol. The SMILES string of the molecule is [CH2-]c1cc([CH2-])cc(C(=O)NO)c1.[CH2-]c1cc([CH2-])cc(C(=O)NO)c1.[W+2].[W+2]. The molecular formula is C18H18N2O4W2. The molecular weight excluding hydrogens is 676 g/mol. The first-order chi connectivity index (χ1) is 11.3. The van der Waals surface area contributed by atoms with Crippen molar-refractivity contribution in [2.75, 3.05) is 0 Å². The van der Waals surface area contributed by atoms with Crippen LogP contribution < -0.4 is 11.0 Å². The fraction of sp³-hybridized carbons (Fsp3) is 0. The second-order valence-electron chi connectivity index (χ2n) is 4.96.